The fourth-order valence-corrected chi connectivity index (χ4v) is 2.35. The first-order chi connectivity index (χ1) is 9.76. The monoisotopic (exact) mass is 297 g/mol. The lowest BCUT2D eigenvalue weighted by Crippen LogP contribution is -2.51. The van der Waals surface area contributed by atoms with Crippen LogP contribution < -0.4 is 0 Å². The average molecular weight is 297 g/mol. The van der Waals surface area contributed by atoms with Gasteiger partial charge in [-0.05, 0) is 19.9 Å². The molecule has 1 aliphatic rings. The van der Waals surface area contributed by atoms with E-state index in [1.54, 1.807) is 18.7 Å². The highest BCUT2D eigenvalue weighted by Gasteiger charge is 2.27. The lowest BCUT2D eigenvalue weighted by Gasteiger charge is -2.36. The molecule has 0 aromatic carbocycles. The zero-order chi connectivity index (χ0) is 15.6. The highest BCUT2D eigenvalue weighted by atomic mass is 16.6. The minimum absolute atomic E-state index is 0.0161. The Morgan fingerprint density at radius 1 is 1.38 bits per heavy atom. The van der Waals surface area contributed by atoms with Crippen molar-refractivity contribution in [3.63, 3.8) is 0 Å². The number of aliphatic hydroxyl groups is 1. The van der Waals surface area contributed by atoms with Gasteiger partial charge in [-0.15, -0.1) is 0 Å². The molecule has 0 bridgehead atoms. The van der Waals surface area contributed by atoms with Crippen molar-refractivity contribution < 1.29 is 19.2 Å². The van der Waals surface area contributed by atoms with E-state index in [4.69, 9.17) is 4.42 Å². The molecule has 0 radical (unpaired) electrons. The van der Waals surface area contributed by atoms with E-state index in [9.17, 15) is 20.0 Å². The van der Waals surface area contributed by atoms with Gasteiger partial charge in [0.25, 0.3) is 5.91 Å². The predicted molar refractivity (Wildman–Crippen MR) is 74.0 cm³/mol. The van der Waals surface area contributed by atoms with Gasteiger partial charge in [0.15, 0.2) is 5.76 Å². The first-order valence-corrected chi connectivity index (χ1v) is 6.74. The van der Waals surface area contributed by atoms with Crippen LogP contribution in [0.4, 0.5) is 5.88 Å². The summed E-state index contributed by atoms with van der Waals surface area (Å²) >= 11 is 0. The van der Waals surface area contributed by atoms with Crippen LogP contribution in [0.1, 0.15) is 24.4 Å². The summed E-state index contributed by atoms with van der Waals surface area (Å²) in [4.78, 5) is 25.7. The molecule has 1 aliphatic heterocycles. The van der Waals surface area contributed by atoms with E-state index >= 15 is 0 Å². The first-order valence-electron chi connectivity index (χ1n) is 6.74. The molecule has 21 heavy (non-hydrogen) atoms. The van der Waals surface area contributed by atoms with Crippen molar-refractivity contribution in [2.24, 2.45) is 0 Å². The number of amides is 1. The molecule has 0 unspecified atom stereocenters. The Morgan fingerprint density at radius 3 is 2.48 bits per heavy atom. The molecule has 1 aromatic heterocycles. The van der Waals surface area contributed by atoms with Crippen LogP contribution in [-0.2, 0) is 0 Å². The molecule has 8 nitrogen and oxygen atoms in total. The normalized spacial score (nSPS) is 17.0. The second kappa shape index (κ2) is 5.82. The third-order valence-corrected chi connectivity index (χ3v) is 3.25. The van der Waals surface area contributed by atoms with Gasteiger partial charge in [-0.2, -0.15) is 0 Å². The minimum Gasteiger partial charge on any atom is -0.395 e. The van der Waals surface area contributed by atoms with Crippen molar-refractivity contribution >= 4 is 11.8 Å². The van der Waals surface area contributed by atoms with Crippen molar-refractivity contribution in [1.82, 2.24) is 9.80 Å². The second-order valence-corrected chi connectivity index (χ2v) is 5.78. The van der Waals surface area contributed by atoms with Crippen molar-refractivity contribution in [3.05, 3.63) is 28.0 Å². The van der Waals surface area contributed by atoms with Gasteiger partial charge >= 0.3 is 5.88 Å². The van der Waals surface area contributed by atoms with E-state index in [0.717, 1.165) is 0 Å². The van der Waals surface area contributed by atoms with Gasteiger partial charge in [-0.25, -0.2) is 0 Å². The second-order valence-electron chi connectivity index (χ2n) is 5.78. The Balaban J connectivity index is 1.92. The molecule has 0 atom stereocenters. The van der Waals surface area contributed by atoms with Crippen molar-refractivity contribution in [2.75, 3.05) is 32.7 Å². The molecule has 116 valence electrons. The van der Waals surface area contributed by atoms with Crippen LogP contribution in [0.5, 0.6) is 0 Å². The summed E-state index contributed by atoms with van der Waals surface area (Å²) in [5.74, 6) is -0.789. The van der Waals surface area contributed by atoms with Crippen LogP contribution in [0.2, 0.25) is 0 Å². The van der Waals surface area contributed by atoms with Crippen molar-refractivity contribution in [2.45, 2.75) is 19.4 Å². The lowest BCUT2D eigenvalue weighted by atomic mass is 10.1. The quantitative estimate of drug-likeness (QED) is 0.649. The molecule has 0 aliphatic carbocycles. The number of piperazine rings is 1. The van der Waals surface area contributed by atoms with Gasteiger partial charge in [-0.1, -0.05) is 0 Å². The van der Waals surface area contributed by atoms with Gasteiger partial charge in [0.2, 0.25) is 0 Å². The molecule has 0 spiro atoms. The summed E-state index contributed by atoms with van der Waals surface area (Å²) in [5.41, 5.74) is -0.770. The van der Waals surface area contributed by atoms with Crippen molar-refractivity contribution in [1.29, 1.82) is 0 Å². The number of carbonyl (C=O) groups is 1. The molecular formula is C13H19N3O5. The van der Waals surface area contributed by atoms with Crippen molar-refractivity contribution in [3.8, 4) is 0 Å². The Labute approximate surface area is 122 Å². The fraction of sp³-hybridized carbons (Fsp3) is 0.615. The summed E-state index contributed by atoms with van der Waals surface area (Å²) in [6, 6.07) is 2.50. The van der Waals surface area contributed by atoms with Crippen LogP contribution in [0.3, 0.4) is 0 Å². The van der Waals surface area contributed by atoms with Crippen LogP contribution in [0.15, 0.2) is 16.5 Å². The third kappa shape index (κ3) is 4.02. The van der Waals surface area contributed by atoms with E-state index in [1.165, 1.54) is 12.1 Å². The smallest absolute Gasteiger partial charge is 0.395 e. The number of nitrogens with zero attached hydrogens (tertiary/aromatic N) is 3. The topological polar surface area (TPSA) is 100 Å². The number of hydrogen-bond acceptors (Lipinski definition) is 6. The van der Waals surface area contributed by atoms with Gasteiger partial charge in [0.1, 0.15) is 4.92 Å². The van der Waals surface area contributed by atoms with Crippen LogP contribution in [0.25, 0.3) is 0 Å². The largest absolute Gasteiger partial charge is 0.433 e. The highest BCUT2D eigenvalue weighted by molar-refractivity contribution is 5.91. The average Bonchev–Trinajstić information content (AvgIpc) is 2.86. The molecule has 1 N–H and O–H groups in total. The van der Waals surface area contributed by atoms with E-state index in [0.29, 0.717) is 32.7 Å². The molecule has 2 rings (SSSR count). The highest BCUT2D eigenvalue weighted by Crippen LogP contribution is 2.18. The van der Waals surface area contributed by atoms with E-state index in [2.05, 4.69) is 4.90 Å². The van der Waals surface area contributed by atoms with Gasteiger partial charge < -0.3 is 14.4 Å². The Bertz CT molecular complexity index is 526. The Hall–Kier alpha value is -1.93. The van der Waals surface area contributed by atoms with E-state index < -0.39 is 16.4 Å². The number of β-amino-alcohol motifs (C(OH)–C–C–N with tert-alkyl or cyclic N) is 1. The molecule has 0 saturated carbocycles. The van der Waals surface area contributed by atoms with Crippen LogP contribution in [0, 0.1) is 10.1 Å². The maximum absolute atomic E-state index is 12.2. The third-order valence-electron chi connectivity index (χ3n) is 3.25. The van der Waals surface area contributed by atoms with Gasteiger partial charge in [0, 0.05) is 32.7 Å². The van der Waals surface area contributed by atoms with Crippen LogP contribution >= 0.6 is 0 Å². The maximum atomic E-state index is 12.2. The molecule has 1 saturated heterocycles. The standard InChI is InChI=1S/C13H19N3O5/c1-13(2,18)9-14-5-7-15(8-6-14)12(17)10-3-4-11(21-10)16(19)20/h3-4,18H,5-9H2,1-2H3. The molecule has 1 amide bonds. The first kappa shape index (κ1) is 15.5. The number of nitro groups is 1. The SMILES string of the molecule is CC(C)(O)CN1CCN(C(=O)c2ccc([N+](=O)[O-])o2)CC1. The van der Waals surface area contributed by atoms with Gasteiger partial charge in [-0.3, -0.25) is 19.8 Å². The molecule has 1 fully saturated rings. The number of carbonyl (C=O) groups excluding carboxylic acids is 1. The summed E-state index contributed by atoms with van der Waals surface area (Å²) in [7, 11) is 0. The minimum atomic E-state index is -0.770. The number of furan rings is 1. The zero-order valence-electron chi connectivity index (χ0n) is 12.1. The van der Waals surface area contributed by atoms with Gasteiger partial charge in [0.05, 0.1) is 11.7 Å². The summed E-state index contributed by atoms with van der Waals surface area (Å²) in [6.45, 7) is 6.34. The molecule has 8 heteroatoms. The number of rotatable bonds is 4. The Morgan fingerprint density at radius 2 is 2.00 bits per heavy atom. The zero-order valence-corrected chi connectivity index (χ0v) is 12.1. The summed E-state index contributed by atoms with van der Waals surface area (Å²) in [6.07, 6.45) is 0. The molecule has 1 aromatic rings. The van der Waals surface area contributed by atoms with Crippen LogP contribution in [-0.4, -0.2) is 64.1 Å². The van der Waals surface area contributed by atoms with E-state index in [-0.39, 0.29) is 11.7 Å². The summed E-state index contributed by atoms with van der Waals surface area (Å²) < 4.78 is 4.92. The summed E-state index contributed by atoms with van der Waals surface area (Å²) in [5, 5.41) is 20.3. The fourth-order valence-electron chi connectivity index (χ4n) is 2.35. The maximum Gasteiger partial charge on any atom is 0.433 e. The number of hydrogen-bond donors (Lipinski definition) is 1. The van der Waals surface area contributed by atoms with E-state index in [1.807, 2.05) is 0 Å². The predicted octanol–water partition coefficient (Wildman–Crippen LogP) is 0.717. The lowest BCUT2D eigenvalue weighted by molar-refractivity contribution is -0.402. The molecular weight excluding hydrogens is 278 g/mol. The molecule has 2 heterocycles. The Kier molecular flexibility index (Phi) is 4.29.